The summed E-state index contributed by atoms with van der Waals surface area (Å²) < 4.78 is 14.8. The zero-order valence-electron chi connectivity index (χ0n) is 15.2. The molecule has 2 aromatic carbocycles. The quantitative estimate of drug-likeness (QED) is 0.427. The molecule has 0 saturated heterocycles. The van der Waals surface area contributed by atoms with Gasteiger partial charge in [0, 0.05) is 25.0 Å². The molecule has 4 nitrogen and oxygen atoms in total. The SMILES string of the molecule is Cn1c(-c2c(Cl)cccc2Cl)nc(-c2ccncc2)c(-c2ccc(F)cc2)c1=O. The summed E-state index contributed by atoms with van der Waals surface area (Å²) in [5.41, 5.74) is 2.21. The predicted octanol–water partition coefficient (Wildman–Crippen LogP) is 5.62. The minimum Gasteiger partial charge on any atom is -0.295 e. The molecule has 0 unspecified atom stereocenters. The third kappa shape index (κ3) is 3.55. The topological polar surface area (TPSA) is 47.8 Å². The van der Waals surface area contributed by atoms with Crippen LogP contribution in [0.5, 0.6) is 0 Å². The van der Waals surface area contributed by atoms with Crippen molar-refractivity contribution in [1.82, 2.24) is 14.5 Å². The second-order valence-electron chi connectivity index (χ2n) is 6.36. The van der Waals surface area contributed by atoms with Crippen LogP contribution in [0.25, 0.3) is 33.8 Å². The van der Waals surface area contributed by atoms with Gasteiger partial charge in [0.05, 0.1) is 26.9 Å². The highest BCUT2D eigenvalue weighted by Crippen LogP contribution is 2.35. The predicted molar refractivity (Wildman–Crippen MR) is 114 cm³/mol. The Balaban J connectivity index is 2.09. The van der Waals surface area contributed by atoms with Gasteiger partial charge in [0.25, 0.3) is 5.56 Å². The lowest BCUT2D eigenvalue weighted by Crippen LogP contribution is -2.23. The Morgan fingerprint density at radius 2 is 1.48 bits per heavy atom. The van der Waals surface area contributed by atoms with Gasteiger partial charge in [-0.1, -0.05) is 41.4 Å². The Morgan fingerprint density at radius 3 is 2.10 bits per heavy atom. The molecule has 2 aromatic heterocycles. The molecule has 0 amide bonds. The van der Waals surface area contributed by atoms with Crippen molar-refractivity contribution < 1.29 is 4.39 Å². The molecule has 0 fully saturated rings. The average Bonchev–Trinajstić information content (AvgIpc) is 2.72. The van der Waals surface area contributed by atoms with Crippen molar-refractivity contribution in [3.05, 3.63) is 93.2 Å². The Kier molecular flexibility index (Phi) is 5.18. The molecular formula is C22H14Cl2FN3O. The number of hydrogen-bond donors (Lipinski definition) is 0. The van der Waals surface area contributed by atoms with Crippen molar-refractivity contribution in [2.24, 2.45) is 7.05 Å². The molecule has 0 spiro atoms. The second-order valence-corrected chi connectivity index (χ2v) is 7.18. The van der Waals surface area contributed by atoms with Gasteiger partial charge in [-0.2, -0.15) is 0 Å². The molecule has 7 heteroatoms. The lowest BCUT2D eigenvalue weighted by Gasteiger charge is -2.16. The lowest BCUT2D eigenvalue weighted by atomic mass is 10.0. The van der Waals surface area contributed by atoms with E-state index in [1.54, 1.807) is 61.9 Å². The van der Waals surface area contributed by atoms with Crippen LogP contribution in [0.15, 0.2) is 71.8 Å². The van der Waals surface area contributed by atoms with Gasteiger partial charge >= 0.3 is 0 Å². The van der Waals surface area contributed by atoms with E-state index in [0.717, 1.165) is 0 Å². The Morgan fingerprint density at radius 1 is 0.862 bits per heavy atom. The van der Waals surface area contributed by atoms with Crippen LogP contribution in [0.3, 0.4) is 0 Å². The number of aromatic nitrogens is 3. The highest BCUT2D eigenvalue weighted by atomic mass is 35.5. The first kappa shape index (κ1) is 19.3. The molecule has 4 rings (SSSR count). The molecule has 4 aromatic rings. The largest absolute Gasteiger partial charge is 0.295 e. The first-order valence-electron chi connectivity index (χ1n) is 8.69. The van der Waals surface area contributed by atoms with Crippen LogP contribution in [0, 0.1) is 5.82 Å². The van der Waals surface area contributed by atoms with Crippen molar-refractivity contribution in [3.8, 4) is 33.8 Å². The van der Waals surface area contributed by atoms with Gasteiger partial charge < -0.3 is 0 Å². The van der Waals surface area contributed by atoms with Gasteiger partial charge in [0.1, 0.15) is 11.6 Å². The van der Waals surface area contributed by atoms with Crippen molar-refractivity contribution >= 4 is 23.2 Å². The molecule has 0 N–H and O–H groups in total. The van der Waals surface area contributed by atoms with Gasteiger partial charge in [-0.15, -0.1) is 0 Å². The Hall–Kier alpha value is -3.02. The van der Waals surface area contributed by atoms with Crippen molar-refractivity contribution in [3.63, 3.8) is 0 Å². The normalized spacial score (nSPS) is 10.9. The first-order chi connectivity index (χ1) is 14.0. The highest BCUT2D eigenvalue weighted by molar-refractivity contribution is 6.39. The van der Waals surface area contributed by atoms with E-state index >= 15 is 0 Å². The molecular weight excluding hydrogens is 412 g/mol. The summed E-state index contributed by atoms with van der Waals surface area (Å²) in [7, 11) is 1.60. The third-order valence-corrected chi connectivity index (χ3v) is 5.19. The Bertz CT molecular complexity index is 1240. The summed E-state index contributed by atoms with van der Waals surface area (Å²) in [6.07, 6.45) is 3.23. The maximum atomic E-state index is 13.4. The minimum atomic E-state index is -0.386. The smallest absolute Gasteiger partial charge is 0.262 e. The first-order valence-corrected chi connectivity index (χ1v) is 9.44. The van der Waals surface area contributed by atoms with Gasteiger partial charge in [-0.3, -0.25) is 14.3 Å². The third-order valence-electron chi connectivity index (χ3n) is 4.56. The number of pyridine rings is 1. The number of nitrogens with zero attached hydrogens (tertiary/aromatic N) is 3. The summed E-state index contributed by atoms with van der Waals surface area (Å²) >= 11 is 12.7. The van der Waals surface area contributed by atoms with Crippen LogP contribution >= 0.6 is 23.2 Å². The van der Waals surface area contributed by atoms with Crippen LogP contribution in [0.4, 0.5) is 4.39 Å². The van der Waals surface area contributed by atoms with Crippen LogP contribution < -0.4 is 5.56 Å². The van der Waals surface area contributed by atoms with E-state index in [1.807, 2.05) is 0 Å². The summed E-state index contributed by atoms with van der Waals surface area (Å²) in [4.78, 5) is 22.2. The molecule has 0 atom stereocenters. The minimum absolute atomic E-state index is 0.301. The number of benzene rings is 2. The van der Waals surface area contributed by atoms with E-state index in [4.69, 9.17) is 28.2 Å². The number of rotatable bonds is 3. The van der Waals surface area contributed by atoms with Crippen LogP contribution in [-0.2, 0) is 7.05 Å². The fourth-order valence-electron chi connectivity index (χ4n) is 3.13. The molecule has 0 aliphatic carbocycles. The zero-order chi connectivity index (χ0) is 20.5. The summed E-state index contributed by atoms with van der Waals surface area (Å²) in [5.74, 6) is -0.0493. The van der Waals surface area contributed by atoms with Crippen molar-refractivity contribution in [1.29, 1.82) is 0 Å². The number of hydrogen-bond acceptors (Lipinski definition) is 3. The molecule has 144 valence electrons. The van der Waals surface area contributed by atoms with Crippen molar-refractivity contribution in [2.75, 3.05) is 0 Å². The van der Waals surface area contributed by atoms with Crippen molar-refractivity contribution in [2.45, 2.75) is 0 Å². The molecule has 0 saturated carbocycles. The molecule has 29 heavy (non-hydrogen) atoms. The molecule has 0 aliphatic heterocycles. The van der Waals surface area contributed by atoms with E-state index < -0.39 is 0 Å². The van der Waals surface area contributed by atoms with Gasteiger partial charge in [-0.25, -0.2) is 9.37 Å². The standard InChI is InChI=1S/C22H14Cl2FN3O/c1-28-21(19-16(23)3-2-4-17(19)24)27-20(14-9-11-26-12-10-14)18(22(28)29)13-5-7-15(25)8-6-13/h2-12H,1H3. The lowest BCUT2D eigenvalue weighted by molar-refractivity contribution is 0.628. The maximum absolute atomic E-state index is 13.4. The van der Waals surface area contributed by atoms with Gasteiger partial charge in [0.15, 0.2) is 0 Å². The van der Waals surface area contributed by atoms with E-state index in [2.05, 4.69) is 4.98 Å². The average molecular weight is 426 g/mol. The van der Waals surface area contributed by atoms with E-state index in [9.17, 15) is 9.18 Å². The van der Waals surface area contributed by atoms with Crippen LogP contribution in [0.1, 0.15) is 0 Å². The summed E-state index contributed by atoms with van der Waals surface area (Å²) in [6, 6.07) is 14.3. The summed E-state index contributed by atoms with van der Waals surface area (Å²) in [6.45, 7) is 0. The fourth-order valence-corrected chi connectivity index (χ4v) is 3.70. The van der Waals surface area contributed by atoms with Crippen LogP contribution in [0.2, 0.25) is 10.0 Å². The zero-order valence-corrected chi connectivity index (χ0v) is 16.7. The second kappa shape index (κ2) is 7.78. The Labute approximate surface area is 176 Å². The highest BCUT2D eigenvalue weighted by Gasteiger charge is 2.21. The summed E-state index contributed by atoms with van der Waals surface area (Å²) in [5, 5.41) is 0.769. The fraction of sp³-hybridized carbons (Fsp3) is 0.0455. The molecule has 0 aliphatic rings. The molecule has 0 radical (unpaired) electrons. The van der Waals surface area contributed by atoms with E-state index in [1.165, 1.54) is 16.7 Å². The van der Waals surface area contributed by atoms with Gasteiger partial charge in [0.2, 0.25) is 0 Å². The number of halogens is 3. The van der Waals surface area contributed by atoms with Crippen LogP contribution in [-0.4, -0.2) is 14.5 Å². The monoisotopic (exact) mass is 425 g/mol. The molecule has 2 heterocycles. The van der Waals surface area contributed by atoms with Gasteiger partial charge in [-0.05, 0) is 42.0 Å². The van der Waals surface area contributed by atoms with E-state index in [-0.39, 0.29) is 11.4 Å². The maximum Gasteiger partial charge on any atom is 0.262 e. The van der Waals surface area contributed by atoms with E-state index in [0.29, 0.717) is 43.8 Å². The molecule has 0 bridgehead atoms.